The molecule has 12 nitrogen and oxygen atoms in total. The smallest absolute Gasteiger partial charge is 0.414 e. The average molecular weight is 589 g/mol. The number of ether oxygens (including phenoxy) is 1. The van der Waals surface area contributed by atoms with Crippen LogP contribution in [0.2, 0.25) is 0 Å². The number of carboxylic acid groups (broad SMARTS) is 1. The minimum Gasteiger partial charge on any atom is -0.480 e. The van der Waals surface area contributed by atoms with Crippen molar-refractivity contribution >= 4 is 39.4 Å². The molecular formula is C27H33FN6O6S. The maximum absolute atomic E-state index is 13.3. The largest absolute Gasteiger partial charge is 0.480 e. The summed E-state index contributed by atoms with van der Waals surface area (Å²) in [6, 6.07) is 9.70. The van der Waals surface area contributed by atoms with E-state index in [9.17, 15) is 27.5 Å². The first kappa shape index (κ1) is 31.1. The summed E-state index contributed by atoms with van der Waals surface area (Å²) in [6.07, 6.45) is 0.877. The zero-order valence-corrected chi connectivity index (χ0v) is 24.0. The molecular weight excluding hydrogens is 555 g/mol. The highest BCUT2D eigenvalue weighted by Gasteiger charge is 2.23. The molecule has 0 aliphatic carbocycles. The Kier molecular flexibility index (Phi) is 10.4. The van der Waals surface area contributed by atoms with E-state index in [-0.39, 0.29) is 22.8 Å². The van der Waals surface area contributed by atoms with Crippen molar-refractivity contribution in [1.29, 1.82) is 0 Å². The minimum absolute atomic E-state index is 0.0369. The molecule has 0 radical (unpaired) electrons. The van der Waals surface area contributed by atoms with Crippen molar-refractivity contribution in [3.63, 3.8) is 0 Å². The number of aromatic nitrogens is 2. The van der Waals surface area contributed by atoms with Gasteiger partial charge in [0, 0.05) is 33.6 Å². The van der Waals surface area contributed by atoms with Crippen molar-refractivity contribution in [3.05, 3.63) is 66.1 Å². The predicted octanol–water partition coefficient (Wildman–Crippen LogP) is 3.47. The average Bonchev–Trinajstić information content (AvgIpc) is 2.94. The highest BCUT2D eigenvalue weighted by Crippen LogP contribution is 2.25. The second-order valence-corrected chi connectivity index (χ2v) is 11.1. The van der Waals surface area contributed by atoms with Gasteiger partial charge in [-0.25, -0.2) is 27.4 Å². The number of hydrogen-bond donors (Lipinski definition) is 3. The maximum Gasteiger partial charge on any atom is 0.414 e. The molecule has 41 heavy (non-hydrogen) atoms. The van der Waals surface area contributed by atoms with Gasteiger partial charge in [-0.3, -0.25) is 0 Å². The van der Waals surface area contributed by atoms with Crippen LogP contribution in [0, 0.1) is 5.82 Å². The third-order valence-corrected chi connectivity index (χ3v) is 7.51. The molecule has 0 spiro atoms. The lowest BCUT2D eigenvalue weighted by molar-refractivity contribution is -0.137. The van der Waals surface area contributed by atoms with Gasteiger partial charge in [-0.2, -0.15) is 4.98 Å². The summed E-state index contributed by atoms with van der Waals surface area (Å²) < 4.78 is 44.1. The number of hydrogen-bond acceptors (Lipinski definition) is 10. The number of carbonyl (C=O) groups is 2. The monoisotopic (exact) mass is 588 g/mol. The predicted molar refractivity (Wildman–Crippen MR) is 153 cm³/mol. The molecule has 3 N–H and O–H groups in total. The van der Waals surface area contributed by atoms with Gasteiger partial charge < -0.3 is 30.3 Å². The van der Waals surface area contributed by atoms with E-state index < -0.39 is 39.6 Å². The third-order valence-electron chi connectivity index (χ3n) is 5.99. The lowest BCUT2D eigenvalue weighted by atomic mass is 10.1. The molecule has 0 aliphatic rings. The van der Waals surface area contributed by atoms with Crippen molar-refractivity contribution in [3.8, 4) is 5.75 Å². The first-order chi connectivity index (χ1) is 19.4. The fourth-order valence-corrected chi connectivity index (χ4v) is 4.72. The minimum atomic E-state index is -3.87. The molecule has 0 saturated heterocycles. The second-order valence-electron chi connectivity index (χ2n) is 9.14. The highest BCUT2D eigenvalue weighted by molar-refractivity contribution is 7.91. The molecule has 3 rings (SSSR count). The van der Waals surface area contributed by atoms with Gasteiger partial charge in [0.2, 0.25) is 5.95 Å². The van der Waals surface area contributed by atoms with Crippen LogP contribution < -0.4 is 20.3 Å². The highest BCUT2D eigenvalue weighted by atomic mass is 32.2. The number of benzene rings is 2. The number of aliphatic carboxylic acids is 1. The molecule has 1 amide bonds. The quantitative estimate of drug-likeness (QED) is 0.252. The molecule has 0 bridgehead atoms. The molecule has 1 heterocycles. The van der Waals surface area contributed by atoms with E-state index >= 15 is 0 Å². The Morgan fingerprint density at radius 1 is 1.05 bits per heavy atom. The van der Waals surface area contributed by atoms with Gasteiger partial charge >= 0.3 is 12.1 Å². The number of amides is 1. The molecule has 14 heteroatoms. The fourth-order valence-electron chi connectivity index (χ4n) is 3.66. The van der Waals surface area contributed by atoms with Crippen molar-refractivity contribution in [2.24, 2.45) is 0 Å². The van der Waals surface area contributed by atoms with E-state index in [0.717, 1.165) is 12.1 Å². The molecule has 1 unspecified atom stereocenters. The number of carboxylic acids is 1. The Hall–Kier alpha value is -4.46. The SMILES string of the molecule is CCN(CC)c1ncc(NCS(=O)(=O)c2ccc(F)cc2)c(NC(Cc2ccc(OC(=O)N(C)C)cc2)C(=O)O)n1. The molecule has 220 valence electrons. The summed E-state index contributed by atoms with van der Waals surface area (Å²) in [4.78, 5) is 35.9. The molecule has 2 aromatic carbocycles. The van der Waals surface area contributed by atoms with E-state index in [1.54, 1.807) is 38.4 Å². The van der Waals surface area contributed by atoms with Gasteiger partial charge in [0.05, 0.1) is 16.8 Å². The normalized spacial score (nSPS) is 11.8. The van der Waals surface area contributed by atoms with Crippen LogP contribution in [0.15, 0.2) is 59.6 Å². The molecule has 1 aromatic heterocycles. The molecule has 0 fully saturated rings. The number of sulfone groups is 1. The van der Waals surface area contributed by atoms with Crippen LogP contribution in [-0.4, -0.2) is 79.6 Å². The lowest BCUT2D eigenvalue weighted by Crippen LogP contribution is -2.33. The van der Waals surface area contributed by atoms with Crippen LogP contribution >= 0.6 is 0 Å². The number of nitrogens with one attached hydrogen (secondary N) is 2. The Labute approximate surface area is 238 Å². The number of rotatable bonds is 13. The van der Waals surface area contributed by atoms with Crippen LogP contribution in [0.25, 0.3) is 0 Å². The van der Waals surface area contributed by atoms with Gasteiger partial charge in [-0.15, -0.1) is 0 Å². The van der Waals surface area contributed by atoms with E-state index in [2.05, 4.69) is 20.6 Å². The van der Waals surface area contributed by atoms with Crippen LogP contribution in [0.5, 0.6) is 5.75 Å². The van der Waals surface area contributed by atoms with Crippen molar-refractivity contribution in [2.75, 3.05) is 48.6 Å². The summed E-state index contributed by atoms with van der Waals surface area (Å²) in [5, 5.41) is 15.7. The first-order valence-corrected chi connectivity index (χ1v) is 14.4. The Bertz CT molecular complexity index is 1450. The molecule has 0 aliphatic heterocycles. The van der Waals surface area contributed by atoms with Crippen molar-refractivity contribution < 1.29 is 32.2 Å². The lowest BCUT2D eigenvalue weighted by Gasteiger charge is -2.22. The van der Waals surface area contributed by atoms with Gasteiger partial charge in [-0.05, 0) is 55.8 Å². The fraction of sp³-hybridized carbons (Fsp3) is 0.333. The summed E-state index contributed by atoms with van der Waals surface area (Å²) in [7, 11) is -0.755. The topological polar surface area (TPSA) is 154 Å². The summed E-state index contributed by atoms with van der Waals surface area (Å²) in [5.41, 5.74) is 0.810. The van der Waals surface area contributed by atoms with E-state index in [4.69, 9.17) is 4.74 Å². The standard InChI is InChI=1S/C27H33FN6O6S/c1-5-34(6-2)26-29-16-23(30-17-41(38,39)21-13-9-19(28)10-14-21)24(32-26)31-22(25(35)36)15-18-7-11-20(12-8-18)40-27(37)33(3)4/h7-14,16,22,30H,5-6,15,17H2,1-4H3,(H,35,36)(H,29,31,32). The van der Waals surface area contributed by atoms with Gasteiger partial charge in [0.25, 0.3) is 0 Å². The van der Waals surface area contributed by atoms with Crippen LogP contribution in [0.3, 0.4) is 0 Å². The Morgan fingerprint density at radius 2 is 1.68 bits per heavy atom. The zero-order valence-electron chi connectivity index (χ0n) is 23.2. The first-order valence-electron chi connectivity index (χ1n) is 12.7. The van der Waals surface area contributed by atoms with Crippen molar-refractivity contribution in [2.45, 2.75) is 31.2 Å². The number of carbonyl (C=O) groups excluding carboxylic acids is 1. The Balaban J connectivity index is 1.85. The maximum atomic E-state index is 13.3. The van der Waals surface area contributed by atoms with Gasteiger partial charge in [-0.1, -0.05) is 12.1 Å². The number of anilines is 3. The Morgan fingerprint density at radius 3 is 2.24 bits per heavy atom. The van der Waals surface area contributed by atoms with E-state index in [0.29, 0.717) is 30.4 Å². The molecule has 0 saturated carbocycles. The van der Waals surface area contributed by atoms with Crippen LogP contribution in [-0.2, 0) is 21.1 Å². The second kappa shape index (κ2) is 13.7. The van der Waals surface area contributed by atoms with Crippen molar-refractivity contribution in [1.82, 2.24) is 14.9 Å². The molecule has 1 atom stereocenters. The summed E-state index contributed by atoms with van der Waals surface area (Å²) in [5.74, 6) is -1.55. The van der Waals surface area contributed by atoms with Gasteiger partial charge in [0.15, 0.2) is 15.7 Å². The number of halogens is 1. The zero-order chi connectivity index (χ0) is 30.2. The summed E-state index contributed by atoms with van der Waals surface area (Å²) in [6.45, 7) is 5.02. The van der Waals surface area contributed by atoms with E-state index in [1.165, 1.54) is 23.2 Å². The molecule has 3 aromatic rings. The van der Waals surface area contributed by atoms with E-state index in [1.807, 2.05) is 18.7 Å². The summed E-state index contributed by atoms with van der Waals surface area (Å²) >= 11 is 0. The third kappa shape index (κ3) is 8.51. The van der Waals surface area contributed by atoms with Gasteiger partial charge in [0.1, 0.15) is 23.5 Å². The number of nitrogens with zero attached hydrogens (tertiary/aromatic N) is 4. The van der Waals surface area contributed by atoms with Crippen LogP contribution in [0.4, 0.5) is 26.6 Å². The van der Waals surface area contributed by atoms with Crippen LogP contribution in [0.1, 0.15) is 19.4 Å².